The third-order valence-electron chi connectivity index (χ3n) is 4.36. The molecule has 1 aromatic rings. The number of para-hydroxylation sites is 1. The van der Waals surface area contributed by atoms with Gasteiger partial charge in [-0.1, -0.05) is 18.2 Å². The molecule has 2 aliphatic rings. The molecule has 3 nitrogen and oxygen atoms in total. The summed E-state index contributed by atoms with van der Waals surface area (Å²) in [7, 11) is 0. The van der Waals surface area contributed by atoms with Crippen molar-refractivity contribution in [2.75, 3.05) is 24.5 Å². The highest BCUT2D eigenvalue weighted by Crippen LogP contribution is 2.40. The van der Waals surface area contributed by atoms with Crippen LogP contribution in [-0.4, -0.2) is 30.3 Å². The largest absolute Gasteiger partial charge is 0.386 e. The molecule has 0 amide bonds. The minimum absolute atomic E-state index is 0.371. The predicted molar refractivity (Wildman–Crippen MR) is 73.7 cm³/mol. The molecule has 1 heterocycles. The van der Waals surface area contributed by atoms with Gasteiger partial charge in [0.25, 0.3) is 0 Å². The van der Waals surface area contributed by atoms with E-state index in [0.717, 1.165) is 25.8 Å². The van der Waals surface area contributed by atoms with E-state index < -0.39 is 5.60 Å². The Morgan fingerprint density at radius 2 is 2.11 bits per heavy atom. The van der Waals surface area contributed by atoms with Gasteiger partial charge >= 0.3 is 0 Å². The molecule has 18 heavy (non-hydrogen) atoms. The molecule has 1 aliphatic heterocycles. The average molecular weight is 246 g/mol. The lowest BCUT2D eigenvalue weighted by atomic mass is 9.94. The lowest BCUT2D eigenvalue weighted by Gasteiger charge is -2.38. The third-order valence-corrected chi connectivity index (χ3v) is 4.36. The molecule has 3 heteroatoms. The van der Waals surface area contributed by atoms with Gasteiger partial charge in [-0.2, -0.15) is 0 Å². The number of aryl methyl sites for hydroxylation is 1. The fraction of sp³-hybridized carbons (Fsp3) is 0.600. The van der Waals surface area contributed by atoms with Crippen LogP contribution in [0.25, 0.3) is 0 Å². The van der Waals surface area contributed by atoms with Crippen LogP contribution in [0.15, 0.2) is 24.3 Å². The molecule has 0 saturated heterocycles. The summed E-state index contributed by atoms with van der Waals surface area (Å²) in [6, 6.07) is 8.53. The topological polar surface area (TPSA) is 49.5 Å². The van der Waals surface area contributed by atoms with E-state index in [2.05, 4.69) is 29.2 Å². The molecular formula is C15H22N2O. The molecule has 1 atom stereocenters. The van der Waals surface area contributed by atoms with Crippen molar-refractivity contribution in [2.45, 2.75) is 31.3 Å². The van der Waals surface area contributed by atoms with E-state index in [1.54, 1.807) is 0 Å². The van der Waals surface area contributed by atoms with Crippen LogP contribution in [0, 0.1) is 5.92 Å². The number of aliphatic hydroxyl groups is 1. The maximum absolute atomic E-state index is 10.7. The fourth-order valence-corrected chi connectivity index (χ4v) is 3.09. The Hall–Kier alpha value is -1.06. The number of nitrogens with two attached hydrogens (primary N) is 1. The molecule has 1 unspecified atom stereocenters. The molecule has 0 bridgehead atoms. The molecule has 3 rings (SSSR count). The van der Waals surface area contributed by atoms with Crippen molar-refractivity contribution >= 4 is 5.69 Å². The van der Waals surface area contributed by atoms with E-state index in [4.69, 9.17) is 5.73 Å². The predicted octanol–water partition coefficient (Wildman–Crippen LogP) is 1.54. The summed E-state index contributed by atoms with van der Waals surface area (Å²) in [5, 5.41) is 10.7. The fourth-order valence-electron chi connectivity index (χ4n) is 3.09. The van der Waals surface area contributed by atoms with Crippen LogP contribution in [0.4, 0.5) is 5.69 Å². The van der Waals surface area contributed by atoms with Crippen LogP contribution >= 0.6 is 0 Å². The Balaban J connectivity index is 1.81. The Kier molecular flexibility index (Phi) is 3.04. The van der Waals surface area contributed by atoms with E-state index in [9.17, 15) is 5.11 Å². The molecular weight excluding hydrogens is 224 g/mol. The van der Waals surface area contributed by atoms with Gasteiger partial charge in [0, 0.05) is 25.3 Å². The first kappa shape index (κ1) is 12.0. The number of nitrogens with zero attached hydrogens (tertiary/aromatic N) is 1. The van der Waals surface area contributed by atoms with Crippen LogP contribution in [0.3, 0.4) is 0 Å². The summed E-state index contributed by atoms with van der Waals surface area (Å²) in [4.78, 5) is 2.32. The standard InChI is InChI=1S/C15H22N2O/c16-10-15(18,13-7-8-13)11-17-9-3-5-12-4-1-2-6-14(12)17/h1-2,4,6,13,18H,3,5,7-11,16H2. The highest BCUT2D eigenvalue weighted by Gasteiger charge is 2.44. The van der Waals surface area contributed by atoms with Crippen molar-refractivity contribution in [1.82, 2.24) is 0 Å². The van der Waals surface area contributed by atoms with Gasteiger partial charge in [0.15, 0.2) is 0 Å². The maximum Gasteiger partial charge on any atom is 0.0970 e. The zero-order valence-electron chi connectivity index (χ0n) is 10.8. The van der Waals surface area contributed by atoms with Gasteiger partial charge in [0.05, 0.1) is 5.60 Å². The quantitative estimate of drug-likeness (QED) is 0.847. The van der Waals surface area contributed by atoms with Gasteiger partial charge in [0.1, 0.15) is 0 Å². The summed E-state index contributed by atoms with van der Waals surface area (Å²) >= 11 is 0. The number of hydrogen-bond donors (Lipinski definition) is 2. The van der Waals surface area contributed by atoms with Crippen LogP contribution in [-0.2, 0) is 6.42 Å². The Morgan fingerprint density at radius 1 is 1.33 bits per heavy atom. The van der Waals surface area contributed by atoms with Crippen molar-refractivity contribution < 1.29 is 5.11 Å². The zero-order chi connectivity index (χ0) is 12.6. The number of hydrogen-bond acceptors (Lipinski definition) is 3. The van der Waals surface area contributed by atoms with Gasteiger partial charge in [-0.3, -0.25) is 0 Å². The molecule has 0 radical (unpaired) electrons. The highest BCUT2D eigenvalue weighted by atomic mass is 16.3. The van der Waals surface area contributed by atoms with Crippen molar-refractivity contribution in [1.29, 1.82) is 0 Å². The lowest BCUT2D eigenvalue weighted by Crippen LogP contribution is -2.51. The zero-order valence-corrected chi connectivity index (χ0v) is 10.8. The lowest BCUT2D eigenvalue weighted by molar-refractivity contribution is 0.0331. The molecule has 1 aliphatic carbocycles. The van der Waals surface area contributed by atoms with E-state index in [-0.39, 0.29) is 0 Å². The van der Waals surface area contributed by atoms with Gasteiger partial charge in [-0.15, -0.1) is 0 Å². The molecule has 0 spiro atoms. The summed E-state index contributed by atoms with van der Waals surface area (Å²) < 4.78 is 0. The van der Waals surface area contributed by atoms with E-state index >= 15 is 0 Å². The van der Waals surface area contributed by atoms with E-state index in [0.29, 0.717) is 19.0 Å². The average Bonchev–Trinajstić information content (AvgIpc) is 3.24. The van der Waals surface area contributed by atoms with Gasteiger partial charge in [-0.25, -0.2) is 0 Å². The first-order chi connectivity index (χ1) is 8.73. The molecule has 3 N–H and O–H groups in total. The van der Waals surface area contributed by atoms with Crippen LogP contribution in [0.1, 0.15) is 24.8 Å². The Labute approximate surface area is 109 Å². The van der Waals surface area contributed by atoms with E-state index in [1.807, 2.05) is 0 Å². The summed E-state index contributed by atoms with van der Waals surface area (Å²) in [6.45, 7) is 2.09. The minimum atomic E-state index is -0.690. The first-order valence-electron chi connectivity index (χ1n) is 6.98. The second-order valence-corrected chi connectivity index (χ2v) is 5.74. The number of β-amino-alcohol motifs (C(OH)–C–C–N with tert-alkyl or cyclic N) is 1. The van der Waals surface area contributed by atoms with Crippen molar-refractivity contribution in [3.8, 4) is 0 Å². The maximum atomic E-state index is 10.7. The Morgan fingerprint density at radius 3 is 2.83 bits per heavy atom. The summed E-state index contributed by atoms with van der Waals surface area (Å²) in [5.41, 5.74) is 7.81. The Bertz CT molecular complexity index is 430. The van der Waals surface area contributed by atoms with E-state index in [1.165, 1.54) is 17.7 Å². The van der Waals surface area contributed by atoms with Crippen LogP contribution in [0.2, 0.25) is 0 Å². The minimum Gasteiger partial charge on any atom is -0.386 e. The van der Waals surface area contributed by atoms with Crippen LogP contribution < -0.4 is 10.6 Å². The summed E-state index contributed by atoms with van der Waals surface area (Å²) in [5.74, 6) is 0.414. The van der Waals surface area contributed by atoms with Gasteiger partial charge < -0.3 is 15.7 Å². The van der Waals surface area contributed by atoms with Crippen molar-refractivity contribution in [3.05, 3.63) is 29.8 Å². The second-order valence-electron chi connectivity index (χ2n) is 5.74. The van der Waals surface area contributed by atoms with Crippen molar-refractivity contribution in [2.24, 2.45) is 11.7 Å². The van der Waals surface area contributed by atoms with Gasteiger partial charge in [-0.05, 0) is 43.2 Å². The van der Waals surface area contributed by atoms with Gasteiger partial charge in [0.2, 0.25) is 0 Å². The molecule has 0 aromatic heterocycles. The van der Waals surface area contributed by atoms with Crippen molar-refractivity contribution in [3.63, 3.8) is 0 Å². The second kappa shape index (κ2) is 4.56. The number of rotatable bonds is 4. The van der Waals surface area contributed by atoms with Crippen LogP contribution in [0.5, 0.6) is 0 Å². The molecule has 1 fully saturated rings. The molecule has 98 valence electrons. The number of benzene rings is 1. The smallest absolute Gasteiger partial charge is 0.0970 e. The monoisotopic (exact) mass is 246 g/mol. The highest BCUT2D eigenvalue weighted by molar-refractivity contribution is 5.55. The first-order valence-corrected chi connectivity index (χ1v) is 6.98. The molecule has 1 aromatic carbocycles. The third kappa shape index (κ3) is 2.13. The molecule has 1 saturated carbocycles. The summed E-state index contributed by atoms with van der Waals surface area (Å²) in [6.07, 6.45) is 4.58. The number of fused-ring (bicyclic) bond motifs is 1. The normalized spacial score (nSPS) is 22.4. The SMILES string of the molecule is NCC(O)(CN1CCCc2ccccc21)C1CC1. The number of anilines is 1.